The number of ketones is 1. The number of hydrogen-bond donors (Lipinski definition) is 0. The van der Waals surface area contributed by atoms with Crippen molar-refractivity contribution in [3.8, 4) is 0 Å². The summed E-state index contributed by atoms with van der Waals surface area (Å²) in [6.45, 7) is 7.23. The molecular weight excluding hydrogens is 501 g/mol. The average molecular weight is 530 g/mol. The Morgan fingerprint density at radius 3 is 2.72 bits per heavy atom. The zero-order valence-corrected chi connectivity index (χ0v) is 22.1. The van der Waals surface area contributed by atoms with Crippen LogP contribution in [-0.4, -0.2) is 45.4 Å². The summed E-state index contributed by atoms with van der Waals surface area (Å²) in [7, 11) is 0. The summed E-state index contributed by atoms with van der Waals surface area (Å²) in [6.07, 6.45) is 5.06. The second-order valence-corrected chi connectivity index (χ2v) is 9.70. The summed E-state index contributed by atoms with van der Waals surface area (Å²) in [5.74, 6) is -0.879. The Kier molecular flexibility index (Phi) is 8.34. The molecule has 7 nitrogen and oxygen atoms in total. The van der Waals surface area contributed by atoms with Gasteiger partial charge in [0.15, 0.2) is 6.61 Å². The average Bonchev–Trinajstić information content (AvgIpc) is 3.53. The van der Waals surface area contributed by atoms with Crippen LogP contribution in [0.2, 0.25) is 10.2 Å². The molecule has 0 bridgehead atoms. The van der Waals surface area contributed by atoms with E-state index in [9.17, 15) is 9.59 Å². The van der Waals surface area contributed by atoms with Gasteiger partial charge in [-0.25, -0.2) is 9.48 Å². The Bertz CT molecular complexity index is 1300. The molecule has 1 unspecified atom stereocenters. The van der Waals surface area contributed by atoms with Gasteiger partial charge in [0.05, 0.1) is 18.3 Å². The number of halogens is 2. The first-order valence-electron chi connectivity index (χ1n) is 11.9. The number of carbonyl (C=O) groups is 2. The van der Waals surface area contributed by atoms with E-state index in [4.69, 9.17) is 32.7 Å². The molecular formula is C27H29Cl2N3O4. The van der Waals surface area contributed by atoms with Crippen LogP contribution >= 0.6 is 23.2 Å². The maximum absolute atomic E-state index is 12.8. The lowest BCUT2D eigenvalue weighted by atomic mass is 10.1. The number of carbonyl (C=O) groups excluding carboxylic acids is 2. The van der Waals surface area contributed by atoms with Gasteiger partial charge in [-0.2, -0.15) is 5.10 Å². The first-order valence-corrected chi connectivity index (χ1v) is 12.6. The molecule has 9 heteroatoms. The molecule has 1 atom stereocenters. The standard InChI is InChI=1S/C27H29Cl2N3O4/c1-17-13-23(19(3)31(17)15-21-8-6-12-35-21)25(33)16-36-26(34)11-10-22-18(2)30-32(27(22)29)14-20-7-4-5-9-24(20)28/h4-5,7,9-11,13,21H,6,8,12,14-16H2,1-3H3. The molecule has 1 aliphatic heterocycles. The summed E-state index contributed by atoms with van der Waals surface area (Å²) < 4.78 is 14.7. The zero-order valence-electron chi connectivity index (χ0n) is 20.6. The molecule has 0 spiro atoms. The second kappa shape index (κ2) is 11.5. The summed E-state index contributed by atoms with van der Waals surface area (Å²) in [5.41, 5.74) is 4.54. The smallest absolute Gasteiger partial charge is 0.331 e. The molecule has 0 aliphatic carbocycles. The van der Waals surface area contributed by atoms with Gasteiger partial charge in [0.2, 0.25) is 5.78 Å². The van der Waals surface area contributed by atoms with Crippen molar-refractivity contribution in [3.05, 3.63) is 80.4 Å². The van der Waals surface area contributed by atoms with Crippen LogP contribution in [0.1, 0.15) is 51.4 Å². The number of esters is 1. The predicted octanol–water partition coefficient (Wildman–Crippen LogP) is 5.58. The van der Waals surface area contributed by atoms with Crippen molar-refractivity contribution in [1.82, 2.24) is 14.3 Å². The number of benzene rings is 1. The summed E-state index contributed by atoms with van der Waals surface area (Å²) in [4.78, 5) is 25.1. The fraction of sp³-hybridized carbons (Fsp3) is 0.370. The lowest BCUT2D eigenvalue weighted by Gasteiger charge is -2.14. The van der Waals surface area contributed by atoms with Crippen LogP contribution < -0.4 is 0 Å². The van der Waals surface area contributed by atoms with Gasteiger partial charge in [-0.15, -0.1) is 0 Å². The molecule has 190 valence electrons. The Hall–Kier alpha value is -2.87. The Morgan fingerprint density at radius 1 is 1.22 bits per heavy atom. The van der Waals surface area contributed by atoms with Crippen LogP contribution in [0.25, 0.3) is 6.08 Å². The molecule has 1 fully saturated rings. The zero-order chi connectivity index (χ0) is 25.8. The topological polar surface area (TPSA) is 75.4 Å². The van der Waals surface area contributed by atoms with E-state index in [-0.39, 0.29) is 18.5 Å². The van der Waals surface area contributed by atoms with Gasteiger partial charge < -0.3 is 14.0 Å². The van der Waals surface area contributed by atoms with Gasteiger partial charge in [-0.3, -0.25) is 4.79 Å². The van der Waals surface area contributed by atoms with E-state index in [0.29, 0.717) is 33.5 Å². The third-order valence-corrected chi connectivity index (χ3v) is 7.17. The molecule has 1 aliphatic rings. The molecule has 2 aromatic heterocycles. The monoisotopic (exact) mass is 529 g/mol. The maximum Gasteiger partial charge on any atom is 0.331 e. The third-order valence-electron chi connectivity index (χ3n) is 6.40. The van der Waals surface area contributed by atoms with E-state index in [0.717, 1.165) is 42.9 Å². The molecule has 4 rings (SSSR count). The highest BCUT2D eigenvalue weighted by molar-refractivity contribution is 6.32. The van der Waals surface area contributed by atoms with Crippen molar-refractivity contribution >= 4 is 41.0 Å². The normalized spacial score (nSPS) is 15.6. The van der Waals surface area contributed by atoms with Gasteiger partial charge in [-0.1, -0.05) is 41.4 Å². The van der Waals surface area contributed by atoms with Crippen molar-refractivity contribution in [1.29, 1.82) is 0 Å². The Balaban J connectivity index is 1.36. The molecule has 1 aromatic carbocycles. The quantitative estimate of drug-likeness (QED) is 0.205. The minimum atomic E-state index is -0.633. The van der Waals surface area contributed by atoms with Crippen LogP contribution in [0.3, 0.4) is 0 Å². The van der Waals surface area contributed by atoms with E-state index in [1.165, 1.54) is 6.08 Å². The van der Waals surface area contributed by atoms with Crippen molar-refractivity contribution in [3.63, 3.8) is 0 Å². The number of aryl methyl sites for hydroxylation is 2. The van der Waals surface area contributed by atoms with Gasteiger partial charge in [0.25, 0.3) is 0 Å². The lowest BCUT2D eigenvalue weighted by Crippen LogP contribution is -2.18. The van der Waals surface area contributed by atoms with E-state index in [2.05, 4.69) is 9.67 Å². The van der Waals surface area contributed by atoms with Crippen LogP contribution in [0.5, 0.6) is 0 Å². The van der Waals surface area contributed by atoms with E-state index < -0.39 is 5.97 Å². The molecule has 3 heterocycles. The van der Waals surface area contributed by atoms with Crippen molar-refractivity contribution in [2.75, 3.05) is 13.2 Å². The molecule has 1 saturated heterocycles. The van der Waals surface area contributed by atoms with Crippen LogP contribution in [0.4, 0.5) is 0 Å². The molecule has 0 saturated carbocycles. The third kappa shape index (κ3) is 5.91. The summed E-state index contributed by atoms with van der Waals surface area (Å²) in [5, 5.41) is 5.46. The highest BCUT2D eigenvalue weighted by Crippen LogP contribution is 2.25. The van der Waals surface area contributed by atoms with E-state index in [1.54, 1.807) is 23.7 Å². The molecule has 0 amide bonds. The number of hydrogen-bond acceptors (Lipinski definition) is 5. The van der Waals surface area contributed by atoms with Crippen molar-refractivity contribution in [2.24, 2.45) is 0 Å². The first-order chi connectivity index (χ1) is 17.2. The van der Waals surface area contributed by atoms with Crippen molar-refractivity contribution in [2.45, 2.75) is 52.8 Å². The fourth-order valence-electron chi connectivity index (χ4n) is 4.42. The van der Waals surface area contributed by atoms with Gasteiger partial charge in [-0.05, 0) is 57.4 Å². The van der Waals surface area contributed by atoms with Crippen LogP contribution in [-0.2, 0) is 27.4 Å². The van der Waals surface area contributed by atoms with Crippen LogP contribution in [0.15, 0.2) is 36.4 Å². The largest absolute Gasteiger partial charge is 0.454 e. The molecule has 36 heavy (non-hydrogen) atoms. The number of nitrogens with zero attached hydrogens (tertiary/aromatic N) is 3. The minimum absolute atomic E-state index is 0.171. The van der Waals surface area contributed by atoms with E-state index in [1.807, 2.05) is 38.1 Å². The van der Waals surface area contributed by atoms with Gasteiger partial charge in [0.1, 0.15) is 5.15 Å². The minimum Gasteiger partial charge on any atom is -0.454 e. The number of Topliss-reactive ketones (excluding diaryl/α,β-unsaturated/α-hetero) is 1. The van der Waals surface area contributed by atoms with Gasteiger partial charge >= 0.3 is 5.97 Å². The fourth-order valence-corrected chi connectivity index (χ4v) is 4.91. The number of ether oxygens (including phenoxy) is 2. The SMILES string of the molecule is Cc1nn(Cc2ccccc2Cl)c(Cl)c1C=CC(=O)OCC(=O)c1cc(C)n(CC2CCCO2)c1C. The summed E-state index contributed by atoms with van der Waals surface area (Å²) in [6, 6.07) is 9.30. The van der Waals surface area contributed by atoms with Crippen LogP contribution in [0, 0.1) is 20.8 Å². The van der Waals surface area contributed by atoms with E-state index >= 15 is 0 Å². The molecule has 3 aromatic rings. The number of aromatic nitrogens is 3. The first kappa shape index (κ1) is 26.2. The highest BCUT2D eigenvalue weighted by Gasteiger charge is 2.21. The van der Waals surface area contributed by atoms with Crippen molar-refractivity contribution < 1.29 is 19.1 Å². The highest BCUT2D eigenvalue weighted by atomic mass is 35.5. The maximum atomic E-state index is 12.8. The molecule has 0 N–H and O–H groups in total. The molecule has 0 radical (unpaired) electrons. The Morgan fingerprint density at radius 2 is 2.00 bits per heavy atom. The Labute approximate surface area is 220 Å². The second-order valence-electron chi connectivity index (χ2n) is 8.93. The predicted molar refractivity (Wildman–Crippen MR) is 140 cm³/mol. The summed E-state index contributed by atoms with van der Waals surface area (Å²) >= 11 is 12.8. The lowest BCUT2D eigenvalue weighted by molar-refractivity contribution is -0.136. The number of rotatable bonds is 9. The van der Waals surface area contributed by atoms with Gasteiger partial charge in [0, 0.05) is 46.8 Å².